The van der Waals surface area contributed by atoms with Gasteiger partial charge in [-0.25, -0.2) is 0 Å². The molecule has 0 aliphatic heterocycles. The average Bonchev–Trinajstić information content (AvgIpc) is 2.07. The Balaban J connectivity index is 0. The van der Waals surface area contributed by atoms with E-state index in [0.717, 1.165) is 0 Å². The predicted octanol–water partition coefficient (Wildman–Crippen LogP) is -0.00560. The molecule has 0 atom stereocenters. The van der Waals surface area contributed by atoms with Gasteiger partial charge in [0.15, 0.2) is 0 Å². The molecule has 0 radical (unpaired) electrons. The van der Waals surface area contributed by atoms with Gasteiger partial charge in [-0.1, -0.05) is 27.7 Å². The van der Waals surface area contributed by atoms with E-state index in [1.54, 1.807) is 0 Å². The van der Waals surface area contributed by atoms with E-state index >= 15 is 0 Å². The first kappa shape index (κ1) is 16.3. The van der Waals surface area contributed by atoms with Gasteiger partial charge in [-0.3, -0.25) is 0 Å². The van der Waals surface area contributed by atoms with Crippen LogP contribution >= 0.6 is 0 Å². The molecule has 0 aromatic heterocycles. The fourth-order valence-corrected chi connectivity index (χ4v) is 0.300. The van der Waals surface area contributed by atoms with E-state index in [4.69, 9.17) is 20.4 Å². The maximum Gasteiger partial charge on any atom is 0.0627 e. The van der Waals surface area contributed by atoms with Crippen LogP contribution in [0, 0.1) is 10.8 Å². The van der Waals surface area contributed by atoms with Crippen molar-refractivity contribution >= 4 is 0 Å². The number of aliphatic hydroxyl groups excluding tert-OH is 4. The summed E-state index contributed by atoms with van der Waals surface area (Å²) in [7, 11) is 0. The zero-order valence-electron chi connectivity index (χ0n) is 9.62. The molecule has 0 aromatic carbocycles. The fourth-order valence-electron chi connectivity index (χ4n) is 0.300. The van der Waals surface area contributed by atoms with Crippen LogP contribution < -0.4 is 0 Å². The van der Waals surface area contributed by atoms with Gasteiger partial charge in [-0.05, 0) is 5.41 Å². The highest BCUT2D eigenvalue weighted by atomic mass is 16.3. The summed E-state index contributed by atoms with van der Waals surface area (Å²) in [6.45, 7) is 7.12. The SMILES string of the molecule is CC(C)(C)C.OCC(CO)(CO)CO. The van der Waals surface area contributed by atoms with Crippen LogP contribution in [0.4, 0.5) is 0 Å². The molecule has 4 heteroatoms. The minimum atomic E-state index is -1.11. The Morgan fingerprint density at radius 2 is 0.786 bits per heavy atom. The zero-order valence-corrected chi connectivity index (χ0v) is 9.62. The van der Waals surface area contributed by atoms with Crippen molar-refractivity contribution in [1.29, 1.82) is 0 Å². The molecule has 0 aliphatic rings. The van der Waals surface area contributed by atoms with Crippen molar-refractivity contribution < 1.29 is 20.4 Å². The van der Waals surface area contributed by atoms with Crippen LogP contribution in [0.25, 0.3) is 0 Å². The maximum atomic E-state index is 8.50. The van der Waals surface area contributed by atoms with Crippen molar-refractivity contribution in [2.45, 2.75) is 27.7 Å². The van der Waals surface area contributed by atoms with Gasteiger partial charge in [0.2, 0.25) is 0 Å². The number of rotatable bonds is 4. The molecule has 0 spiro atoms. The fraction of sp³-hybridized carbons (Fsp3) is 1.00. The van der Waals surface area contributed by atoms with Gasteiger partial charge in [-0.15, -0.1) is 0 Å². The highest BCUT2D eigenvalue weighted by Crippen LogP contribution is 2.11. The molecule has 0 saturated carbocycles. The Kier molecular flexibility index (Phi) is 8.34. The summed E-state index contributed by atoms with van der Waals surface area (Å²) in [5, 5.41) is 34.0. The van der Waals surface area contributed by atoms with E-state index in [1.165, 1.54) is 0 Å². The number of aliphatic hydroxyl groups is 4. The third-order valence-electron chi connectivity index (χ3n) is 1.34. The molecule has 88 valence electrons. The van der Waals surface area contributed by atoms with Crippen molar-refractivity contribution in [2.75, 3.05) is 26.4 Å². The molecule has 4 N–H and O–H groups in total. The van der Waals surface area contributed by atoms with Gasteiger partial charge in [-0.2, -0.15) is 0 Å². The molecule has 0 saturated heterocycles. The largest absolute Gasteiger partial charge is 0.396 e. The molecule has 0 amide bonds. The third-order valence-corrected chi connectivity index (χ3v) is 1.34. The molecular formula is C10H24O4. The van der Waals surface area contributed by atoms with Gasteiger partial charge < -0.3 is 20.4 Å². The van der Waals surface area contributed by atoms with Crippen molar-refractivity contribution in [1.82, 2.24) is 0 Å². The normalized spacial score (nSPS) is 12.0. The Hall–Kier alpha value is -0.160. The quantitative estimate of drug-likeness (QED) is 0.524. The first-order chi connectivity index (χ1) is 6.24. The molecule has 0 fully saturated rings. The van der Waals surface area contributed by atoms with Gasteiger partial charge in [0, 0.05) is 0 Å². The lowest BCUT2D eigenvalue weighted by Gasteiger charge is -2.23. The molecular weight excluding hydrogens is 184 g/mol. The van der Waals surface area contributed by atoms with Crippen LogP contribution in [0.15, 0.2) is 0 Å². The van der Waals surface area contributed by atoms with Gasteiger partial charge in [0.25, 0.3) is 0 Å². The van der Waals surface area contributed by atoms with Crippen LogP contribution in [0.1, 0.15) is 27.7 Å². The molecule has 0 aromatic rings. The van der Waals surface area contributed by atoms with Crippen LogP contribution in [0.3, 0.4) is 0 Å². The second-order valence-electron chi connectivity index (χ2n) is 5.13. The van der Waals surface area contributed by atoms with Crippen molar-refractivity contribution in [3.05, 3.63) is 0 Å². The van der Waals surface area contributed by atoms with Crippen LogP contribution in [-0.4, -0.2) is 46.9 Å². The number of hydrogen-bond donors (Lipinski definition) is 4. The van der Waals surface area contributed by atoms with Gasteiger partial charge >= 0.3 is 0 Å². The predicted molar refractivity (Wildman–Crippen MR) is 55.9 cm³/mol. The van der Waals surface area contributed by atoms with Crippen LogP contribution in [0.5, 0.6) is 0 Å². The van der Waals surface area contributed by atoms with E-state index in [1.807, 2.05) is 0 Å². The van der Waals surface area contributed by atoms with E-state index < -0.39 is 31.8 Å². The first-order valence-electron chi connectivity index (χ1n) is 4.68. The van der Waals surface area contributed by atoms with E-state index in [0.29, 0.717) is 5.41 Å². The Labute approximate surface area is 86.2 Å². The lowest BCUT2D eigenvalue weighted by molar-refractivity contribution is -0.0328. The summed E-state index contributed by atoms with van der Waals surface area (Å²) in [5.41, 5.74) is -0.611. The van der Waals surface area contributed by atoms with Crippen LogP contribution in [0.2, 0.25) is 0 Å². The molecule has 0 unspecified atom stereocenters. The molecule has 0 aliphatic carbocycles. The minimum Gasteiger partial charge on any atom is -0.396 e. The average molecular weight is 208 g/mol. The lowest BCUT2D eigenvalue weighted by Crippen LogP contribution is -2.37. The number of hydrogen-bond acceptors (Lipinski definition) is 4. The highest BCUT2D eigenvalue weighted by Gasteiger charge is 2.26. The zero-order chi connectivity index (χ0) is 11.8. The smallest absolute Gasteiger partial charge is 0.0627 e. The summed E-state index contributed by atoms with van der Waals surface area (Å²) in [5.74, 6) is 0. The topological polar surface area (TPSA) is 80.9 Å². The molecule has 0 bridgehead atoms. The van der Waals surface area contributed by atoms with Crippen molar-refractivity contribution in [3.8, 4) is 0 Å². The second-order valence-corrected chi connectivity index (χ2v) is 5.13. The van der Waals surface area contributed by atoms with E-state index in [-0.39, 0.29) is 0 Å². The summed E-state index contributed by atoms with van der Waals surface area (Å²) < 4.78 is 0. The van der Waals surface area contributed by atoms with Crippen LogP contribution in [-0.2, 0) is 0 Å². The monoisotopic (exact) mass is 208 g/mol. The lowest BCUT2D eigenvalue weighted by atomic mass is 9.93. The summed E-state index contributed by atoms with van der Waals surface area (Å²) >= 11 is 0. The van der Waals surface area contributed by atoms with Crippen molar-refractivity contribution in [3.63, 3.8) is 0 Å². The van der Waals surface area contributed by atoms with Gasteiger partial charge in [0.05, 0.1) is 31.8 Å². The van der Waals surface area contributed by atoms with Crippen molar-refractivity contribution in [2.24, 2.45) is 10.8 Å². The standard InChI is InChI=1S/C5H12O4.C5H12/c6-1-5(2-7,3-8)4-9;1-5(2,3)4/h6-9H,1-4H2;1-4H3. The summed E-state index contributed by atoms with van der Waals surface area (Å²) in [4.78, 5) is 0. The Morgan fingerprint density at radius 1 is 0.643 bits per heavy atom. The molecule has 0 heterocycles. The summed E-state index contributed by atoms with van der Waals surface area (Å²) in [6, 6.07) is 0. The Morgan fingerprint density at radius 3 is 0.786 bits per heavy atom. The van der Waals surface area contributed by atoms with Gasteiger partial charge in [0.1, 0.15) is 0 Å². The molecule has 0 rings (SSSR count). The van der Waals surface area contributed by atoms with E-state index in [2.05, 4.69) is 27.7 Å². The highest BCUT2D eigenvalue weighted by molar-refractivity contribution is 4.74. The Bertz CT molecular complexity index is 101. The summed E-state index contributed by atoms with van der Waals surface area (Å²) in [6.07, 6.45) is 0. The minimum absolute atomic E-state index is 0.406. The third kappa shape index (κ3) is 9.92. The van der Waals surface area contributed by atoms with E-state index in [9.17, 15) is 0 Å². The second kappa shape index (κ2) is 7.17. The maximum absolute atomic E-state index is 8.50. The molecule has 14 heavy (non-hydrogen) atoms. The first-order valence-corrected chi connectivity index (χ1v) is 4.68. The molecule has 4 nitrogen and oxygen atoms in total.